The molecule has 1 unspecified atom stereocenters. The molecule has 2 aromatic rings. The molecule has 0 bridgehead atoms. The molecule has 1 heterocycles. The predicted octanol–water partition coefficient (Wildman–Crippen LogP) is 2.38. The summed E-state index contributed by atoms with van der Waals surface area (Å²) in [5.41, 5.74) is 1.07. The largest absolute Gasteiger partial charge is 0.497 e. The van der Waals surface area contributed by atoms with Crippen LogP contribution in [0.3, 0.4) is 0 Å². The molecule has 6 nitrogen and oxygen atoms in total. The van der Waals surface area contributed by atoms with Crippen LogP contribution in [0, 0.1) is 0 Å². The van der Waals surface area contributed by atoms with Crippen LogP contribution >= 0.6 is 0 Å². The summed E-state index contributed by atoms with van der Waals surface area (Å²) in [6, 6.07) is 14.4. The van der Waals surface area contributed by atoms with Crippen LogP contribution in [0.25, 0.3) is 0 Å². The van der Waals surface area contributed by atoms with Crippen molar-refractivity contribution in [3.05, 3.63) is 54.1 Å². The van der Waals surface area contributed by atoms with Crippen LogP contribution in [0.1, 0.15) is 11.6 Å². The second-order valence-corrected chi connectivity index (χ2v) is 8.25. The van der Waals surface area contributed by atoms with Gasteiger partial charge in [0.25, 0.3) is 0 Å². The Balaban J connectivity index is 1.86. The van der Waals surface area contributed by atoms with Crippen LogP contribution in [0.2, 0.25) is 0 Å². The highest BCUT2D eigenvalue weighted by atomic mass is 32.2. The van der Waals surface area contributed by atoms with Crippen LogP contribution in [0.5, 0.6) is 11.5 Å². The van der Waals surface area contributed by atoms with Crippen LogP contribution in [-0.2, 0) is 10.0 Å². The number of nitrogens with zero attached hydrogens (tertiary/aromatic N) is 2. The van der Waals surface area contributed by atoms with Crippen LogP contribution in [0.4, 0.5) is 0 Å². The van der Waals surface area contributed by atoms with Gasteiger partial charge >= 0.3 is 0 Å². The predicted molar refractivity (Wildman–Crippen MR) is 100 cm³/mol. The van der Waals surface area contributed by atoms with Gasteiger partial charge in [-0.3, -0.25) is 4.90 Å². The van der Waals surface area contributed by atoms with Crippen molar-refractivity contribution in [3.63, 3.8) is 0 Å². The Labute approximate surface area is 155 Å². The molecule has 1 saturated heterocycles. The lowest BCUT2D eigenvalue weighted by Gasteiger charge is -2.39. The molecule has 1 atom stereocenters. The minimum atomic E-state index is -3.57. The van der Waals surface area contributed by atoms with E-state index in [1.54, 1.807) is 35.7 Å². The number of ether oxygens (including phenoxy) is 2. The lowest BCUT2D eigenvalue weighted by molar-refractivity contribution is 0.148. The lowest BCUT2D eigenvalue weighted by atomic mass is 10.0. The average molecular weight is 376 g/mol. The van der Waals surface area contributed by atoms with Gasteiger partial charge in [-0.05, 0) is 36.9 Å². The van der Waals surface area contributed by atoms with E-state index in [-0.39, 0.29) is 10.9 Å². The summed E-state index contributed by atoms with van der Waals surface area (Å²) in [5.74, 6) is 1.32. The lowest BCUT2D eigenvalue weighted by Crippen LogP contribution is -2.48. The van der Waals surface area contributed by atoms with Crippen molar-refractivity contribution in [2.75, 3.05) is 40.9 Å². The molecular weight excluding hydrogens is 352 g/mol. The number of likely N-dealkylation sites (N-methyl/N-ethyl adjacent to an activating group) is 1. The number of benzene rings is 2. The minimum absolute atomic E-state index is 0.00459. The zero-order chi connectivity index (χ0) is 18.7. The average Bonchev–Trinajstić information content (AvgIpc) is 2.68. The van der Waals surface area contributed by atoms with Gasteiger partial charge in [0.05, 0.1) is 19.1 Å². The third kappa shape index (κ3) is 3.70. The molecule has 26 heavy (non-hydrogen) atoms. The summed E-state index contributed by atoms with van der Waals surface area (Å²) in [7, 11) is 1.61. The molecule has 2 aromatic carbocycles. The summed E-state index contributed by atoms with van der Waals surface area (Å²) >= 11 is 0. The summed E-state index contributed by atoms with van der Waals surface area (Å²) in [6.45, 7) is 1.53. The molecule has 3 rings (SSSR count). The topological polar surface area (TPSA) is 59.1 Å². The number of piperazine rings is 1. The summed E-state index contributed by atoms with van der Waals surface area (Å²) < 4.78 is 38.1. The maximum Gasteiger partial charge on any atom is 0.243 e. The quantitative estimate of drug-likeness (QED) is 0.802. The van der Waals surface area contributed by atoms with E-state index in [9.17, 15) is 8.42 Å². The third-order valence-corrected chi connectivity index (χ3v) is 6.65. The van der Waals surface area contributed by atoms with E-state index in [1.807, 2.05) is 31.3 Å². The van der Waals surface area contributed by atoms with Crippen molar-refractivity contribution in [3.8, 4) is 11.5 Å². The molecular formula is C19H24N2O4S. The highest BCUT2D eigenvalue weighted by molar-refractivity contribution is 7.89. The molecule has 1 fully saturated rings. The van der Waals surface area contributed by atoms with Gasteiger partial charge in [0.1, 0.15) is 11.5 Å². The van der Waals surface area contributed by atoms with Crippen LogP contribution in [0.15, 0.2) is 53.4 Å². The van der Waals surface area contributed by atoms with E-state index < -0.39 is 10.0 Å². The Bertz CT molecular complexity index is 852. The van der Waals surface area contributed by atoms with E-state index in [2.05, 4.69) is 4.90 Å². The van der Waals surface area contributed by atoms with Gasteiger partial charge in [-0.25, -0.2) is 8.42 Å². The Morgan fingerprint density at radius 2 is 1.65 bits per heavy atom. The number of hydrogen-bond donors (Lipinski definition) is 0. The molecule has 0 amide bonds. The second kappa shape index (κ2) is 7.65. The molecule has 140 valence electrons. The molecule has 0 saturated carbocycles. The third-order valence-electron chi connectivity index (χ3n) is 4.79. The zero-order valence-electron chi connectivity index (χ0n) is 15.3. The Morgan fingerprint density at radius 1 is 0.962 bits per heavy atom. The molecule has 0 aromatic heterocycles. The van der Waals surface area contributed by atoms with E-state index in [1.165, 1.54) is 7.11 Å². The van der Waals surface area contributed by atoms with Crippen molar-refractivity contribution in [1.29, 1.82) is 0 Å². The molecule has 1 aliphatic heterocycles. The standard InChI is InChI=1S/C19H24N2O4S/c1-20-11-12-21(14-19(20)15-7-9-16(24-2)10-8-15)26(22,23)18-6-4-5-17(13-18)25-3/h4-10,13,19H,11-12,14H2,1-3H3. The van der Waals surface area contributed by atoms with Crippen molar-refractivity contribution in [1.82, 2.24) is 9.21 Å². The summed E-state index contributed by atoms with van der Waals surface area (Å²) in [6.07, 6.45) is 0. The van der Waals surface area contributed by atoms with Gasteiger partial charge in [0.2, 0.25) is 10.0 Å². The fourth-order valence-electron chi connectivity index (χ4n) is 3.16. The van der Waals surface area contributed by atoms with E-state index in [0.717, 1.165) is 11.3 Å². The Morgan fingerprint density at radius 3 is 2.31 bits per heavy atom. The van der Waals surface area contributed by atoms with Crippen LogP contribution in [-0.4, -0.2) is 58.5 Å². The molecule has 0 radical (unpaired) electrons. The first-order chi connectivity index (χ1) is 12.5. The van der Waals surface area contributed by atoms with E-state index >= 15 is 0 Å². The van der Waals surface area contributed by atoms with Gasteiger partial charge in [0, 0.05) is 31.7 Å². The van der Waals surface area contributed by atoms with Crippen molar-refractivity contribution in [2.24, 2.45) is 0 Å². The fourth-order valence-corrected chi connectivity index (χ4v) is 4.64. The van der Waals surface area contributed by atoms with E-state index in [4.69, 9.17) is 9.47 Å². The van der Waals surface area contributed by atoms with Crippen molar-refractivity contribution >= 4 is 10.0 Å². The number of rotatable bonds is 5. The van der Waals surface area contributed by atoms with Gasteiger partial charge in [-0.1, -0.05) is 18.2 Å². The molecule has 0 N–H and O–H groups in total. The minimum Gasteiger partial charge on any atom is -0.497 e. The summed E-state index contributed by atoms with van der Waals surface area (Å²) in [5, 5.41) is 0. The normalized spacial score (nSPS) is 19.3. The highest BCUT2D eigenvalue weighted by Gasteiger charge is 2.33. The monoisotopic (exact) mass is 376 g/mol. The number of hydrogen-bond acceptors (Lipinski definition) is 5. The highest BCUT2D eigenvalue weighted by Crippen LogP contribution is 2.29. The SMILES string of the molecule is COc1ccc(C2CN(S(=O)(=O)c3cccc(OC)c3)CCN2C)cc1. The van der Waals surface area contributed by atoms with Gasteiger partial charge in [0.15, 0.2) is 0 Å². The summed E-state index contributed by atoms with van der Waals surface area (Å²) in [4.78, 5) is 2.44. The molecule has 0 spiro atoms. The first kappa shape index (κ1) is 18.7. The van der Waals surface area contributed by atoms with Gasteiger partial charge in [-0.15, -0.1) is 0 Å². The maximum atomic E-state index is 13.1. The Hall–Kier alpha value is -2.09. The van der Waals surface area contributed by atoms with Crippen LogP contribution < -0.4 is 9.47 Å². The smallest absolute Gasteiger partial charge is 0.243 e. The first-order valence-electron chi connectivity index (χ1n) is 8.44. The number of methoxy groups -OCH3 is 2. The number of sulfonamides is 1. The Kier molecular flexibility index (Phi) is 5.50. The second-order valence-electron chi connectivity index (χ2n) is 6.31. The van der Waals surface area contributed by atoms with Crippen molar-refractivity contribution < 1.29 is 17.9 Å². The van der Waals surface area contributed by atoms with Gasteiger partial charge < -0.3 is 9.47 Å². The zero-order valence-corrected chi connectivity index (χ0v) is 16.1. The molecule has 7 heteroatoms. The maximum absolute atomic E-state index is 13.1. The first-order valence-corrected chi connectivity index (χ1v) is 9.88. The molecule has 1 aliphatic rings. The van der Waals surface area contributed by atoms with E-state index in [0.29, 0.717) is 25.4 Å². The van der Waals surface area contributed by atoms with Crippen molar-refractivity contribution in [2.45, 2.75) is 10.9 Å². The van der Waals surface area contributed by atoms with Gasteiger partial charge in [-0.2, -0.15) is 4.31 Å². The fraction of sp³-hybridized carbons (Fsp3) is 0.368. The molecule has 0 aliphatic carbocycles.